The summed E-state index contributed by atoms with van der Waals surface area (Å²) in [4.78, 5) is 11.3. The molecule has 0 fully saturated rings. The Labute approximate surface area is 102 Å². The van der Waals surface area contributed by atoms with Crippen molar-refractivity contribution in [3.63, 3.8) is 0 Å². The zero-order valence-corrected chi connectivity index (χ0v) is 10.5. The molecule has 0 bridgehead atoms. The van der Waals surface area contributed by atoms with Crippen molar-refractivity contribution >= 4 is 17.3 Å². The molecule has 0 heterocycles. The topological polar surface area (TPSA) is 50.4 Å². The first kappa shape index (κ1) is 13.5. The van der Waals surface area contributed by atoms with Crippen LogP contribution in [0.2, 0.25) is 0 Å². The number of ether oxygens (including phenoxy) is 1. The first-order valence-corrected chi connectivity index (χ1v) is 5.89. The van der Waals surface area contributed by atoms with E-state index in [1.165, 1.54) is 13.5 Å². The summed E-state index contributed by atoms with van der Waals surface area (Å²) in [5.74, 6) is -0.140. The zero-order chi connectivity index (χ0) is 12.5. The van der Waals surface area contributed by atoms with Crippen molar-refractivity contribution in [2.75, 3.05) is 30.9 Å². The standard InChI is InChI=1S/C13H20N2O2/c1-3-4-9-14-11-5-7-12(8-6-11)15-13(16)10-17-2/h5-8,14H,3-4,9-10H2,1-2H3,(H,15,16). The van der Waals surface area contributed by atoms with Gasteiger partial charge >= 0.3 is 0 Å². The Morgan fingerprint density at radius 2 is 1.88 bits per heavy atom. The molecular formula is C13H20N2O2. The van der Waals surface area contributed by atoms with Crippen molar-refractivity contribution in [2.24, 2.45) is 0 Å². The van der Waals surface area contributed by atoms with Crippen LogP contribution in [0, 0.1) is 0 Å². The number of amides is 1. The Bertz CT molecular complexity index is 336. The van der Waals surface area contributed by atoms with Crippen molar-refractivity contribution in [2.45, 2.75) is 19.8 Å². The molecule has 2 N–H and O–H groups in total. The first-order chi connectivity index (χ1) is 8.26. The molecule has 1 aromatic rings. The SMILES string of the molecule is CCCCNc1ccc(NC(=O)COC)cc1. The summed E-state index contributed by atoms with van der Waals surface area (Å²) < 4.78 is 4.74. The summed E-state index contributed by atoms with van der Waals surface area (Å²) >= 11 is 0. The van der Waals surface area contributed by atoms with Gasteiger partial charge in [0, 0.05) is 25.0 Å². The highest BCUT2D eigenvalue weighted by Crippen LogP contribution is 2.13. The zero-order valence-electron chi connectivity index (χ0n) is 10.5. The summed E-state index contributed by atoms with van der Waals surface area (Å²) in [5.41, 5.74) is 1.86. The van der Waals surface area contributed by atoms with Crippen LogP contribution in [-0.4, -0.2) is 26.2 Å². The van der Waals surface area contributed by atoms with Crippen molar-refractivity contribution in [1.82, 2.24) is 0 Å². The molecule has 4 heteroatoms. The summed E-state index contributed by atoms with van der Waals surface area (Å²) in [7, 11) is 1.50. The molecular weight excluding hydrogens is 216 g/mol. The van der Waals surface area contributed by atoms with Gasteiger partial charge in [0.15, 0.2) is 0 Å². The summed E-state index contributed by atoms with van der Waals surface area (Å²) in [5, 5.41) is 6.06. The molecule has 0 radical (unpaired) electrons. The summed E-state index contributed by atoms with van der Waals surface area (Å²) in [6.45, 7) is 3.22. The average molecular weight is 236 g/mol. The minimum atomic E-state index is -0.140. The van der Waals surface area contributed by atoms with Crippen LogP contribution in [0.5, 0.6) is 0 Å². The van der Waals surface area contributed by atoms with E-state index in [-0.39, 0.29) is 12.5 Å². The number of hydrogen-bond donors (Lipinski definition) is 2. The van der Waals surface area contributed by atoms with E-state index in [0.717, 1.165) is 24.3 Å². The maximum atomic E-state index is 11.3. The molecule has 0 spiro atoms. The van der Waals surface area contributed by atoms with E-state index in [1.807, 2.05) is 24.3 Å². The highest BCUT2D eigenvalue weighted by atomic mass is 16.5. The van der Waals surface area contributed by atoms with Crippen LogP contribution in [0.25, 0.3) is 0 Å². The number of hydrogen-bond acceptors (Lipinski definition) is 3. The van der Waals surface area contributed by atoms with E-state index >= 15 is 0 Å². The third-order valence-electron chi connectivity index (χ3n) is 2.30. The number of nitrogens with one attached hydrogen (secondary N) is 2. The van der Waals surface area contributed by atoms with Crippen LogP contribution in [0.3, 0.4) is 0 Å². The molecule has 0 aliphatic carbocycles. The Morgan fingerprint density at radius 3 is 2.47 bits per heavy atom. The average Bonchev–Trinajstić information content (AvgIpc) is 2.32. The van der Waals surface area contributed by atoms with Gasteiger partial charge in [-0.2, -0.15) is 0 Å². The number of benzene rings is 1. The van der Waals surface area contributed by atoms with Crippen molar-refractivity contribution in [3.05, 3.63) is 24.3 Å². The largest absolute Gasteiger partial charge is 0.385 e. The highest BCUT2D eigenvalue weighted by Gasteiger charge is 2.00. The minimum absolute atomic E-state index is 0.0799. The molecule has 0 unspecified atom stereocenters. The predicted molar refractivity (Wildman–Crippen MR) is 70.3 cm³/mol. The van der Waals surface area contributed by atoms with Crippen LogP contribution < -0.4 is 10.6 Å². The van der Waals surface area contributed by atoms with Crippen LogP contribution in [0.1, 0.15) is 19.8 Å². The monoisotopic (exact) mass is 236 g/mol. The van der Waals surface area contributed by atoms with Crippen molar-refractivity contribution < 1.29 is 9.53 Å². The van der Waals surface area contributed by atoms with Crippen LogP contribution >= 0.6 is 0 Å². The molecule has 4 nitrogen and oxygen atoms in total. The normalized spacial score (nSPS) is 10.0. The fraction of sp³-hybridized carbons (Fsp3) is 0.462. The van der Waals surface area contributed by atoms with Crippen LogP contribution in [-0.2, 0) is 9.53 Å². The second kappa shape index (κ2) is 7.68. The van der Waals surface area contributed by atoms with Crippen molar-refractivity contribution in [3.8, 4) is 0 Å². The molecule has 0 saturated heterocycles. The lowest BCUT2D eigenvalue weighted by atomic mass is 10.2. The van der Waals surface area contributed by atoms with E-state index in [0.29, 0.717) is 0 Å². The fourth-order valence-corrected chi connectivity index (χ4v) is 1.41. The maximum absolute atomic E-state index is 11.3. The lowest BCUT2D eigenvalue weighted by Gasteiger charge is -2.07. The predicted octanol–water partition coefficient (Wildman–Crippen LogP) is 2.48. The van der Waals surface area contributed by atoms with E-state index < -0.39 is 0 Å². The molecule has 0 aliphatic rings. The van der Waals surface area contributed by atoms with E-state index in [9.17, 15) is 4.79 Å². The molecule has 17 heavy (non-hydrogen) atoms. The second-order valence-corrected chi connectivity index (χ2v) is 3.84. The quantitative estimate of drug-likeness (QED) is 0.715. The lowest BCUT2D eigenvalue weighted by Crippen LogP contribution is -2.16. The van der Waals surface area contributed by atoms with Gasteiger partial charge in [-0.05, 0) is 30.7 Å². The lowest BCUT2D eigenvalue weighted by molar-refractivity contribution is -0.119. The summed E-state index contributed by atoms with van der Waals surface area (Å²) in [6.07, 6.45) is 2.34. The maximum Gasteiger partial charge on any atom is 0.250 e. The van der Waals surface area contributed by atoms with E-state index in [4.69, 9.17) is 4.74 Å². The van der Waals surface area contributed by atoms with Crippen LogP contribution in [0.15, 0.2) is 24.3 Å². The molecule has 0 aliphatic heterocycles. The Hall–Kier alpha value is -1.55. The van der Waals surface area contributed by atoms with Gasteiger partial charge in [0.05, 0.1) is 0 Å². The van der Waals surface area contributed by atoms with Gasteiger partial charge in [-0.15, -0.1) is 0 Å². The summed E-state index contributed by atoms with van der Waals surface area (Å²) in [6, 6.07) is 7.67. The number of unbranched alkanes of at least 4 members (excludes halogenated alkanes) is 1. The van der Waals surface area contributed by atoms with E-state index in [1.54, 1.807) is 0 Å². The smallest absolute Gasteiger partial charge is 0.250 e. The molecule has 0 aromatic heterocycles. The fourth-order valence-electron chi connectivity index (χ4n) is 1.41. The third kappa shape index (κ3) is 5.36. The minimum Gasteiger partial charge on any atom is -0.385 e. The third-order valence-corrected chi connectivity index (χ3v) is 2.30. The van der Waals surface area contributed by atoms with Gasteiger partial charge in [-0.25, -0.2) is 0 Å². The second-order valence-electron chi connectivity index (χ2n) is 3.84. The Balaban J connectivity index is 2.41. The molecule has 1 rings (SSSR count). The number of carbonyl (C=O) groups excluding carboxylic acids is 1. The first-order valence-electron chi connectivity index (χ1n) is 5.89. The molecule has 0 saturated carbocycles. The molecule has 1 aromatic carbocycles. The highest BCUT2D eigenvalue weighted by molar-refractivity contribution is 5.91. The number of carbonyl (C=O) groups is 1. The van der Waals surface area contributed by atoms with Gasteiger partial charge in [-0.1, -0.05) is 13.3 Å². The Morgan fingerprint density at radius 1 is 1.24 bits per heavy atom. The van der Waals surface area contributed by atoms with Gasteiger partial charge in [-0.3, -0.25) is 4.79 Å². The van der Waals surface area contributed by atoms with Gasteiger partial charge in [0.1, 0.15) is 6.61 Å². The number of rotatable bonds is 7. The van der Waals surface area contributed by atoms with Crippen LogP contribution in [0.4, 0.5) is 11.4 Å². The Kier molecular flexibility index (Phi) is 6.10. The van der Waals surface area contributed by atoms with Crippen molar-refractivity contribution in [1.29, 1.82) is 0 Å². The van der Waals surface area contributed by atoms with Gasteiger partial charge in [0.25, 0.3) is 0 Å². The van der Waals surface area contributed by atoms with Gasteiger partial charge < -0.3 is 15.4 Å². The molecule has 1 amide bonds. The molecule has 94 valence electrons. The van der Waals surface area contributed by atoms with Gasteiger partial charge in [0.2, 0.25) is 5.91 Å². The number of methoxy groups -OCH3 is 1. The molecule has 0 atom stereocenters. The van der Waals surface area contributed by atoms with E-state index in [2.05, 4.69) is 17.6 Å². The number of anilines is 2.